The molecule has 0 bridgehead atoms. The summed E-state index contributed by atoms with van der Waals surface area (Å²) in [5.74, 6) is 6.19. The quantitative estimate of drug-likeness (QED) is 0.737. The number of aromatic amines is 1. The molecule has 4 heterocycles. The van der Waals surface area contributed by atoms with Crippen molar-refractivity contribution < 1.29 is 0 Å². The van der Waals surface area contributed by atoms with Crippen molar-refractivity contribution in [2.45, 2.75) is 6.42 Å². The van der Waals surface area contributed by atoms with Crippen LogP contribution in [0.1, 0.15) is 28.8 Å². The molecule has 6 heteroatoms. The maximum atomic E-state index is 4.28. The fourth-order valence-corrected chi connectivity index (χ4v) is 2.36. The zero-order valence-electron chi connectivity index (χ0n) is 12.6. The van der Waals surface area contributed by atoms with Gasteiger partial charge in [-0.2, -0.15) is 15.3 Å². The molecule has 1 N–H and O–H groups in total. The third-order valence-corrected chi connectivity index (χ3v) is 3.54. The fraction of sp³-hybridized carbons (Fsp3) is 0.0556. The summed E-state index contributed by atoms with van der Waals surface area (Å²) < 4.78 is 0. The molecule has 0 aliphatic carbocycles. The molecule has 114 valence electrons. The summed E-state index contributed by atoms with van der Waals surface area (Å²) >= 11 is 0. The van der Waals surface area contributed by atoms with Crippen LogP contribution < -0.4 is 0 Å². The van der Waals surface area contributed by atoms with Crippen LogP contribution in [0.2, 0.25) is 0 Å². The van der Waals surface area contributed by atoms with Gasteiger partial charge in [0.25, 0.3) is 0 Å². The number of pyridine rings is 2. The molecule has 4 rings (SSSR count). The highest BCUT2D eigenvalue weighted by Gasteiger charge is 2.20. The molecule has 0 amide bonds. The second-order valence-electron chi connectivity index (χ2n) is 5.15. The van der Waals surface area contributed by atoms with Crippen LogP contribution in [0, 0.1) is 11.8 Å². The predicted octanol–water partition coefficient (Wildman–Crippen LogP) is 2.20. The lowest BCUT2D eigenvalue weighted by molar-refractivity contribution is 1.07. The highest BCUT2D eigenvalue weighted by molar-refractivity contribution is 6.20. The van der Waals surface area contributed by atoms with Gasteiger partial charge in [-0.1, -0.05) is 11.8 Å². The van der Waals surface area contributed by atoms with Gasteiger partial charge in [-0.3, -0.25) is 15.1 Å². The van der Waals surface area contributed by atoms with Crippen molar-refractivity contribution in [3.05, 3.63) is 77.6 Å². The van der Waals surface area contributed by atoms with Crippen LogP contribution in [0.15, 0.2) is 65.5 Å². The van der Waals surface area contributed by atoms with E-state index in [1.807, 2.05) is 24.3 Å². The molecule has 1 aliphatic rings. The third kappa shape index (κ3) is 2.83. The molecule has 0 saturated heterocycles. The summed E-state index contributed by atoms with van der Waals surface area (Å²) in [6.07, 6.45) is 9.34. The van der Waals surface area contributed by atoms with Crippen LogP contribution in [0.5, 0.6) is 0 Å². The SMILES string of the molecule is C(#Cc1c[nH]nc1C1=NN=C(c2cccnc2)C1)c1cccnc1. The first kappa shape index (κ1) is 14.0. The minimum absolute atomic E-state index is 0.609. The topological polar surface area (TPSA) is 79.2 Å². The van der Waals surface area contributed by atoms with Gasteiger partial charge in [0.05, 0.1) is 17.0 Å². The van der Waals surface area contributed by atoms with Gasteiger partial charge in [0.2, 0.25) is 0 Å². The number of nitrogens with zero attached hydrogens (tertiary/aromatic N) is 5. The van der Waals surface area contributed by atoms with E-state index in [0.717, 1.165) is 33.8 Å². The Labute approximate surface area is 138 Å². The van der Waals surface area contributed by atoms with Gasteiger partial charge in [-0.05, 0) is 24.3 Å². The van der Waals surface area contributed by atoms with E-state index >= 15 is 0 Å². The summed E-state index contributed by atoms with van der Waals surface area (Å²) in [5.41, 5.74) is 5.02. The molecular formula is C18H12N6. The van der Waals surface area contributed by atoms with Crippen molar-refractivity contribution >= 4 is 11.4 Å². The smallest absolute Gasteiger partial charge is 0.124 e. The molecule has 0 atom stereocenters. The normalized spacial score (nSPS) is 13.0. The van der Waals surface area contributed by atoms with Crippen LogP contribution in [0.4, 0.5) is 0 Å². The van der Waals surface area contributed by atoms with Crippen LogP contribution in [0.25, 0.3) is 0 Å². The van der Waals surface area contributed by atoms with E-state index in [2.05, 4.69) is 42.2 Å². The summed E-state index contributed by atoms with van der Waals surface area (Å²) in [5, 5.41) is 15.7. The van der Waals surface area contributed by atoms with Gasteiger partial charge in [0, 0.05) is 48.5 Å². The second kappa shape index (κ2) is 6.26. The largest absolute Gasteiger partial charge is 0.284 e. The summed E-state index contributed by atoms with van der Waals surface area (Å²) in [6, 6.07) is 7.62. The van der Waals surface area contributed by atoms with Gasteiger partial charge in [-0.25, -0.2) is 0 Å². The van der Waals surface area contributed by atoms with E-state index in [-0.39, 0.29) is 0 Å². The van der Waals surface area contributed by atoms with Crippen LogP contribution in [-0.4, -0.2) is 31.6 Å². The van der Waals surface area contributed by atoms with Crippen LogP contribution in [-0.2, 0) is 0 Å². The van der Waals surface area contributed by atoms with E-state index in [9.17, 15) is 0 Å². The maximum absolute atomic E-state index is 4.28. The van der Waals surface area contributed by atoms with E-state index in [0.29, 0.717) is 6.42 Å². The van der Waals surface area contributed by atoms with Crippen molar-refractivity contribution in [1.29, 1.82) is 0 Å². The molecule has 24 heavy (non-hydrogen) atoms. The maximum Gasteiger partial charge on any atom is 0.124 e. The standard InChI is InChI=1S/C18H12N6/c1-3-13(10-19-7-1)5-6-15-12-21-24-18(15)17-9-16(22-23-17)14-4-2-8-20-11-14/h1-4,7-8,10-12H,9H2,(H,21,24). The highest BCUT2D eigenvalue weighted by atomic mass is 15.2. The molecule has 0 radical (unpaired) electrons. The number of H-pyrrole nitrogens is 1. The Hall–Kier alpha value is -3.59. The first-order chi connectivity index (χ1) is 11.9. The zero-order valence-corrected chi connectivity index (χ0v) is 12.6. The zero-order chi connectivity index (χ0) is 16.2. The summed E-state index contributed by atoms with van der Waals surface area (Å²) in [7, 11) is 0. The number of hydrogen-bond donors (Lipinski definition) is 1. The molecule has 3 aromatic rings. The minimum Gasteiger partial charge on any atom is -0.284 e. The number of rotatable bonds is 2. The molecule has 6 nitrogen and oxygen atoms in total. The van der Waals surface area contributed by atoms with E-state index < -0.39 is 0 Å². The monoisotopic (exact) mass is 312 g/mol. The van der Waals surface area contributed by atoms with E-state index in [4.69, 9.17) is 0 Å². The molecule has 0 aromatic carbocycles. The predicted molar refractivity (Wildman–Crippen MR) is 90.7 cm³/mol. The molecular weight excluding hydrogens is 300 g/mol. The van der Waals surface area contributed by atoms with Crippen molar-refractivity contribution in [2.24, 2.45) is 10.2 Å². The Morgan fingerprint density at radius 2 is 1.75 bits per heavy atom. The molecule has 1 aliphatic heterocycles. The van der Waals surface area contributed by atoms with Crippen LogP contribution >= 0.6 is 0 Å². The first-order valence-corrected chi connectivity index (χ1v) is 7.40. The third-order valence-electron chi connectivity index (χ3n) is 3.54. The molecule has 3 aromatic heterocycles. The number of aromatic nitrogens is 4. The van der Waals surface area contributed by atoms with Gasteiger partial charge in [0.1, 0.15) is 5.69 Å². The Bertz CT molecular complexity index is 974. The molecule has 0 fully saturated rings. The Balaban J connectivity index is 1.56. The average molecular weight is 312 g/mol. The molecule has 0 unspecified atom stereocenters. The van der Waals surface area contributed by atoms with Crippen molar-refractivity contribution in [3.63, 3.8) is 0 Å². The van der Waals surface area contributed by atoms with E-state index in [1.54, 1.807) is 31.0 Å². The highest BCUT2D eigenvalue weighted by Crippen LogP contribution is 2.17. The Morgan fingerprint density at radius 1 is 0.917 bits per heavy atom. The Kier molecular flexibility index (Phi) is 3.66. The van der Waals surface area contributed by atoms with Crippen molar-refractivity contribution in [2.75, 3.05) is 0 Å². The van der Waals surface area contributed by atoms with Crippen LogP contribution in [0.3, 0.4) is 0 Å². The first-order valence-electron chi connectivity index (χ1n) is 7.40. The average Bonchev–Trinajstić information content (AvgIpc) is 3.31. The lowest BCUT2D eigenvalue weighted by atomic mass is 10.0. The van der Waals surface area contributed by atoms with Gasteiger partial charge in [0.15, 0.2) is 0 Å². The lowest BCUT2D eigenvalue weighted by Crippen LogP contribution is -2.07. The van der Waals surface area contributed by atoms with Gasteiger partial charge >= 0.3 is 0 Å². The summed E-state index contributed by atoms with van der Waals surface area (Å²) in [4.78, 5) is 8.17. The molecule has 0 spiro atoms. The fourth-order valence-electron chi connectivity index (χ4n) is 2.36. The van der Waals surface area contributed by atoms with Crippen molar-refractivity contribution in [1.82, 2.24) is 20.2 Å². The second-order valence-corrected chi connectivity index (χ2v) is 5.15. The number of hydrogen-bond acceptors (Lipinski definition) is 5. The van der Waals surface area contributed by atoms with Gasteiger partial charge in [-0.15, -0.1) is 0 Å². The van der Waals surface area contributed by atoms with Gasteiger partial charge < -0.3 is 0 Å². The minimum atomic E-state index is 0.609. The number of nitrogens with one attached hydrogen (secondary N) is 1. The van der Waals surface area contributed by atoms with E-state index in [1.165, 1.54) is 0 Å². The molecule has 0 saturated carbocycles. The summed E-state index contributed by atoms with van der Waals surface area (Å²) in [6.45, 7) is 0. The lowest BCUT2D eigenvalue weighted by Gasteiger charge is -1.99. The Morgan fingerprint density at radius 3 is 2.54 bits per heavy atom. The van der Waals surface area contributed by atoms with Crippen molar-refractivity contribution in [3.8, 4) is 11.8 Å².